The summed E-state index contributed by atoms with van der Waals surface area (Å²) in [7, 11) is 0. The highest BCUT2D eigenvalue weighted by Crippen LogP contribution is 2.29. The summed E-state index contributed by atoms with van der Waals surface area (Å²) in [5, 5.41) is 8.94. The quantitative estimate of drug-likeness (QED) is 0.729. The van der Waals surface area contributed by atoms with Crippen LogP contribution in [0.3, 0.4) is 0 Å². The van der Waals surface area contributed by atoms with Crippen molar-refractivity contribution in [1.29, 1.82) is 0 Å². The molecule has 0 aromatic rings. The molecular weight excluding hydrogens is 238 g/mol. The Hall–Kier alpha value is -0.570. The van der Waals surface area contributed by atoms with Crippen molar-refractivity contribution in [3.63, 3.8) is 0 Å². The fraction of sp³-hybridized carbons (Fsp3) is 0.938. The van der Waals surface area contributed by atoms with E-state index < -0.39 is 5.97 Å². The highest BCUT2D eigenvalue weighted by molar-refractivity contribution is 5.67. The summed E-state index contributed by atoms with van der Waals surface area (Å²) in [4.78, 5) is 13.5. The Morgan fingerprint density at radius 3 is 2.47 bits per heavy atom. The first-order valence-electron chi connectivity index (χ1n) is 8.04. The van der Waals surface area contributed by atoms with E-state index in [1.165, 1.54) is 45.1 Å². The number of likely N-dealkylation sites (tertiary alicyclic amines) is 1. The van der Waals surface area contributed by atoms with Crippen LogP contribution in [0.2, 0.25) is 0 Å². The van der Waals surface area contributed by atoms with E-state index in [2.05, 4.69) is 25.7 Å². The highest BCUT2D eigenvalue weighted by atomic mass is 16.4. The van der Waals surface area contributed by atoms with Gasteiger partial charge in [-0.05, 0) is 44.1 Å². The number of carboxylic acid groups (broad SMARTS) is 1. The van der Waals surface area contributed by atoms with Crippen LogP contribution in [0.4, 0.5) is 0 Å². The largest absolute Gasteiger partial charge is 0.481 e. The van der Waals surface area contributed by atoms with Gasteiger partial charge in [-0.1, -0.05) is 33.6 Å². The predicted molar refractivity (Wildman–Crippen MR) is 79.3 cm³/mol. The van der Waals surface area contributed by atoms with Crippen molar-refractivity contribution >= 4 is 5.97 Å². The van der Waals surface area contributed by atoms with Gasteiger partial charge in [0.1, 0.15) is 0 Å². The van der Waals surface area contributed by atoms with Crippen LogP contribution in [-0.2, 0) is 4.79 Å². The summed E-state index contributed by atoms with van der Waals surface area (Å²) >= 11 is 0. The van der Waals surface area contributed by atoms with Crippen molar-refractivity contribution in [3.8, 4) is 0 Å². The lowest BCUT2D eigenvalue weighted by Crippen LogP contribution is -2.44. The molecule has 0 radical (unpaired) electrons. The Labute approximate surface area is 118 Å². The van der Waals surface area contributed by atoms with Gasteiger partial charge in [0, 0.05) is 19.0 Å². The molecule has 2 atom stereocenters. The number of hydrogen-bond acceptors (Lipinski definition) is 2. The zero-order chi connectivity index (χ0) is 14.3. The van der Waals surface area contributed by atoms with E-state index in [0.717, 1.165) is 12.6 Å². The lowest BCUT2D eigenvalue weighted by atomic mass is 9.83. The smallest absolute Gasteiger partial charge is 0.303 e. The van der Waals surface area contributed by atoms with Crippen molar-refractivity contribution < 1.29 is 9.90 Å². The summed E-state index contributed by atoms with van der Waals surface area (Å²) in [6.07, 6.45) is 7.83. The lowest BCUT2D eigenvalue weighted by Gasteiger charge is -2.40. The minimum Gasteiger partial charge on any atom is -0.481 e. The van der Waals surface area contributed by atoms with Crippen LogP contribution >= 0.6 is 0 Å². The molecule has 1 aliphatic heterocycles. The summed E-state index contributed by atoms with van der Waals surface area (Å²) in [5.74, 6) is 0.230. The molecule has 0 saturated carbocycles. The van der Waals surface area contributed by atoms with Crippen LogP contribution in [0, 0.1) is 11.8 Å². The normalized spacial score (nSPS) is 22.6. The molecule has 2 unspecified atom stereocenters. The monoisotopic (exact) mass is 269 g/mol. The van der Waals surface area contributed by atoms with Gasteiger partial charge in [-0.3, -0.25) is 4.79 Å². The van der Waals surface area contributed by atoms with E-state index in [4.69, 9.17) is 5.11 Å². The number of aliphatic carboxylic acids is 1. The molecule has 3 nitrogen and oxygen atoms in total. The third-order valence-corrected chi connectivity index (χ3v) is 4.55. The third kappa shape index (κ3) is 5.52. The third-order valence-electron chi connectivity index (χ3n) is 4.55. The molecule has 1 N–H and O–H groups in total. The first-order chi connectivity index (χ1) is 9.08. The van der Waals surface area contributed by atoms with Gasteiger partial charge in [0.25, 0.3) is 0 Å². The molecule has 112 valence electrons. The van der Waals surface area contributed by atoms with E-state index >= 15 is 0 Å². The molecule has 1 aliphatic rings. The minimum atomic E-state index is -0.650. The SMILES string of the molecule is CCCC(CCC)N1CCCC(C(C)CC(=O)O)C1. The molecule has 0 bridgehead atoms. The Balaban J connectivity index is 2.53. The molecule has 3 heteroatoms. The van der Waals surface area contributed by atoms with E-state index in [1.54, 1.807) is 0 Å². The number of carbonyl (C=O) groups is 1. The topological polar surface area (TPSA) is 40.5 Å². The maximum absolute atomic E-state index is 10.9. The molecule has 0 spiro atoms. The van der Waals surface area contributed by atoms with Crippen LogP contribution in [0.5, 0.6) is 0 Å². The molecule has 1 heterocycles. The fourth-order valence-electron chi connectivity index (χ4n) is 3.45. The summed E-state index contributed by atoms with van der Waals surface area (Å²) < 4.78 is 0. The standard InChI is InChI=1S/C16H31NO2/c1-4-7-15(8-5-2)17-10-6-9-14(12-17)13(3)11-16(18)19/h13-15H,4-12H2,1-3H3,(H,18,19). The zero-order valence-electron chi connectivity index (χ0n) is 12.9. The van der Waals surface area contributed by atoms with Gasteiger partial charge < -0.3 is 10.0 Å². The number of piperidine rings is 1. The summed E-state index contributed by atoms with van der Waals surface area (Å²) in [5.41, 5.74) is 0. The first kappa shape index (κ1) is 16.5. The molecular formula is C16H31NO2. The Morgan fingerprint density at radius 2 is 1.95 bits per heavy atom. The fourth-order valence-corrected chi connectivity index (χ4v) is 3.45. The Morgan fingerprint density at radius 1 is 1.32 bits per heavy atom. The van der Waals surface area contributed by atoms with Gasteiger partial charge in [0.05, 0.1) is 0 Å². The molecule has 1 fully saturated rings. The number of rotatable bonds is 8. The molecule has 0 aromatic carbocycles. The Bertz CT molecular complexity index is 261. The molecule has 0 amide bonds. The first-order valence-corrected chi connectivity index (χ1v) is 8.04. The molecule has 0 aliphatic carbocycles. The van der Waals surface area contributed by atoms with E-state index in [1.807, 2.05) is 0 Å². The number of nitrogens with zero attached hydrogens (tertiary/aromatic N) is 1. The second-order valence-corrected chi connectivity index (χ2v) is 6.20. The van der Waals surface area contributed by atoms with Crippen molar-refractivity contribution in [1.82, 2.24) is 4.90 Å². The highest BCUT2D eigenvalue weighted by Gasteiger charge is 2.28. The van der Waals surface area contributed by atoms with Crippen LogP contribution in [0.1, 0.15) is 65.7 Å². The van der Waals surface area contributed by atoms with E-state index in [-0.39, 0.29) is 0 Å². The molecule has 0 aromatic heterocycles. The number of carboxylic acids is 1. The second kappa shape index (κ2) is 8.57. The van der Waals surface area contributed by atoms with Gasteiger partial charge in [0.15, 0.2) is 0 Å². The molecule has 19 heavy (non-hydrogen) atoms. The van der Waals surface area contributed by atoms with Crippen molar-refractivity contribution in [2.24, 2.45) is 11.8 Å². The molecule has 1 saturated heterocycles. The van der Waals surface area contributed by atoms with Gasteiger partial charge in [0.2, 0.25) is 0 Å². The maximum atomic E-state index is 10.9. The van der Waals surface area contributed by atoms with Gasteiger partial charge in [-0.25, -0.2) is 0 Å². The summed E-state index contributed by atoms with van der Waals surface area (Å²) in [6, 6.07) is 0.717. The minimum absolute atomic E-state index is 0.309. The number of hydrogen-bond donors (Lipinski definition) is 1. The maximum Gasteiger partial charge on any atom is 0.303 e. The van der Waals surface area contributed by atoms with E-state index in [0.29, 0.717) is 18.3 Å². The lowest BCUT2D eigenvalue weighted by molar-refractivity contribution is -0.138. The van der Waals surface area contributed by atoms with Gasteiger partial charge in [-0.2, -0.15) is 0 Å². The predicted octanol–water partition coefficient (Wildman–Crippen LogP) is 3.78. The van der Waals surface area contributed by atoms with Crippen LogP contribution in [-0.4, -0.2) is 35.1 Å². The van der Waals surface area contributed by atoms with Gasteiger partial charge in [-0.15, -0.1) is 0 Å². The zero-order valence-corrected chi connectivity index (χ0v) is 12.9. The second-order valence-electron chi connectivity index (χ2n) is 6.20. The average Bonchev–Trinajstić information content (AvgIpc) is 2.38. The van der Waals surface area contributed by atoms with E-state index in [9.17, 15) is 4.79 Å². The Kier molecular flexibility index (Phi) is 7.44. The van der Waals surface area contributed by atoms with Crippen molar-refractivity contribution in [3.05, 3.63) is 0 Å². The summed E-state index contributed by atoms with van der Waals surface area (Å²) in [6.45, 7) is 8.95. The van der Waals surface area contributed by atoms with Gasteiger partial charge >= 0.3 is 5.97 Å². The average molecular weight is 269 g/mol. The van der Waals surface area contributed by atoms with Crippen LogP contribution < -0.4 is 0 Å². The van der Waals surface area contributed by atoms with Crippen molar-refractivity contribution in [2.75, 3.05) is 13.1 Å². The van der Waals surface area contributed by atoms with Crippen LogP contribution in [0.15, 0.2) is 0 Å². The van der Waals surface area contributed by atoms with Crippen LogP contribution in [0.25, 0.3) is 0 Å². The van der Waals surface area contributed by atoms with Crippen molar-refractivity contribution in [2.45, 2.75) is 71.8 Å². The molecule has 1 rings (SSSR count).